The molecule has 1 aromatic heterocycles. The minimum absolute atomic E-state index is 0.159. The second-order valence-corrected chi connectivity index (χ2v) is 5.50. The third-order valence-corrected chi connectivity index (χ3v) is 3.62. The van der Waals surface area contributed by atoms with E-state index in [1.165, 1.54) is 6.20 Å². The van der Waals surface area contributed by atoms with E-state index in [1.54, 1.807) is 24.5 Å². The van der Waals surface area contributed by atoms with E-state index in [-0.39, 0.29) is 12.0 Å². The van der Waals surface area contributed by atoms with Crippen LogP contribution in [0.2, 0.25) is 0 Å². The molecule has 0 saturated heterocycles. The van der Waals surface area contributed by atoms with Crippen molar-refractivity contribution >= 4 is 12.1 Å². The normalized spacial score (nSPS) is 15.8. The molecule has 24 heavy (non-hydrogen) atoms. The predicted molar refractivity (Wildman–Crippen MR) is 90.7 cm³/mol. The average molecular weight is 325 g/mol. The molecule has 1 aromatic carbocycles. The van der Waals surface area contributed by atoms with Gasteiger partial charge >= 0.3 is 0 Å². The van der Waals surface area contributed by atoms with Gasteiger partial charge in [-0.1, -0.05) is 0 Å². The summed E-state index contributed by atoms with van der Waals surface area (Å²) in [6.07, 6.45) is 5.68. The zero-order valence-corrected chi connectivity index (χ0v) is 13.7. The summed E-state index contributed by atoms with van der Waals surface area (Å²) in [5, 5.41) is 4.02. The standard InChI is InChI=1S/C18H19N3O3/c1-3-23-16-8-14-7-12(2)24-17(14)9-15(16)11-20-21-18(22)13-5-4-6-19-10-13/h4-6,8-12H,3,7H2,1-2H3,(H,21,22)/b20-11-/t12-/m0/s1. The topological polar surface area (TPSA) is 72.8 Å². The fraction of sp³-hybridized carbons (Fsp3) is 0.278. The van der Waals surface area contributed by atoms with Crippen molar-refractivity contribution in [1.82, 2.24) is 10.4 Å². The molecule has 124 valence electrons. The summed E-state index contributed by atoms with van der Waals surface area (Å²) in [5.41, 5.74) is 4.82. The Hall–Kier alpha value is -2.89. The first kappa shape index (κ1) is 16.0. The highest BCUT2D eigenvalue weighted by Gasteiger charge is 2.21. The Morgan fingerprint density at radius 2 is 2.42 bits per heavy atom. The van der Waals surface area contributed by atoms with Crippen LogP contribution in [0.5, 0.6) is 11.5 Å². The Bertz CT molecular complexity index is 760. The molecule has 1 atom stereocenters. The van der Waals surface area contributed by atoms with Crippen LogP contribution in [0.15, 0.2) is 41.8 Å². The van der Waals surface area contributed by atoms with Gasteiger partial charge in [-0.15, -0.1) is 0 Å². The van der Waals surface area contributed by atoms with Gasteiger partial charge < -0.3 is 9.47 Å². The van der Waals surface area contributed by atoms with Crippen molar-refractivity contribution in [3.05, 3.63) is 53.3 Å². The fourth-order valence-electron chi connectivity index (χ4n) is 2.56. The molecule has 0 bridgehead atoms. The van der Waals surface area contributed by atoms with Crippen molar-refractivity contribution in [2.75, 3.05) is 6.61 Å². The Morgan fingerprint density at radius 1 is 1.54 bits per heavy atom. The summed E-state index contributed by atoms with van der Waals surface area (Å²) in [6.45, 7) is 4.51. The van der Waals surface area contributed by atoms with Crippen LogP contribution < -0.4 is 14.9 Å². The van der Waals surface area contributed by atoms with E-state index in [4.69, 9.17) is 9.47 Å². The first-order chi connectivity index (χ1) is 11.7. The Morgan fingerprint density at radius 3 is 3.17 bits per heavy atom. The van der Waals surface area contributed by atoms with Gasteiger partial charge in [-0.05, 0) is 38.1 Å². The Labute approximate surface area is 140 Å². The molecule has 0 aliphatic carbocycles. The molecule has 3 rings (SSSR count). The number of hydrogen-bond acceptors (Lipinski definition) is 5. The highest BCUT2D eigenvalue weighted by atomic mass is 16.5. The molecule has 2 aromatic rings. The minimum Gasteiger partial charge on any atom is -0.493 e. The van der Waals surface area contributed by atoms with Gasteiger partial charge in [0.2, 0.25) is 0 Å². The smallest absolute Gasteiger partial charge is 0.272 e. The van der Waals surface area contributed by atoms with Gasteiger partial charge in [0.15, 0.2) is 0 Å². The number of carbonyl (C=O) groups is 1. The van der Waals surface area contributed by atoms with E-state index >= 15 is 0 Å². The molecule has 0 saturated carbocycles. The lowest BCUT2D eigenvalue weighted by Gasteiger charge is -2.09. The number of nitrogens with zero attached hydrogens (tertiary/aromatic N) is 2. The van der Waals surface area contributed by atoms with Crippen LogP contribution in [0.3, 0.4) is 0 Å². The molecule has 6 nitrogen and oxygen atoms in total. The highest BCUT2D eigenvalue weighted by molar-refractivity contribution is 5.94. The van der Waals surface area contributed by atoms with Crippen LogP contribution in [0.4, 0.5) is 0 Å². The third kappa shape index (κ3) is 3.53. The second kappa shape index (κ2) is 7.12. The number of aromatic nitrogens is 1. The lowest BCUT2D eigenvalue weighted by atomic mass is 10.1. The van der Waals surface area contributed by atoms with E-state index in [0.29, 0.717) is 12.2 Å². The number of benzene rings is 1. The molecular weight excluding hydrogens is 306 g/mol. The van der Waals surface area contributed by atoms with E-state index in [9.17, 15) is 4.79 Å². The lowest BCUT2D eigenvalue weighted by molar-refractivity contribution is 0.0954. The molecule has 0 radical (unpaired) electrons. The van der Waals surface area contributed by atoms with E-state index < -0.39 is 0 Å². The maximum Gasteiger partial charge on any atom is 0.272 e. The van der Waals surface area contributed by atoms with Gasteiger partial charge in [-0.25, -0.2) is 5.43 Å². The molecule has 1 amide bonds. The molecule has 2 heterocycles. The van der Waals surface area contributed by atoms with Crippen LogP contribution in [-0.2, 0) is 6.42 Å². The number of fused-ring (bicyclic) bond motifs is 1. The number of amides is 1. The van der Waals surface area contributed by atoms with Crippen LogP contribution in [0, 0.1) is 0 Å². The molecule has 0 spiro atoms. The molecule has 1 aliphatic heterocycles. The summed E-state index contributed by atoms with van der Waals surface area (Å²) >= 11 is 0. The first-order valence-electron chi connectivity index (χ1n) is 7.87. The maximum atomic E-state index is 12.0. The predicted octanol–water partition coefficient (Wildman–Crippen LogP) is 2.57. The summed E-state index contributed by atoms with van der Waals surface area (Å²) in [6, 6.07) is 7.25. The van der Waals surface area contributed by atoms with Gasteiger partial charge in [0.25, 0.3) is 5.91 Å². The maximum absolute atomic E-state index is 12.0. The molecular formula is C18H19N3O3. The number of rotatable bonds is 5. The van der Waals surface area contributed by atoms with Crippen molar-refractivity contribution < 1.29 is 14.3 Å². The lowest BCUT2D eigenvalue weighted by Crippen LogP contribution is -2.17. The van der Waals surface area contributed by atoms with Gasteiger partial charge in [0.1, 0.15) is 17.6 Å². The first-order valence-corrected chi connectivity index (χ1v) is 7.87. The minimum atomic E-state index is -0.316. The van der Waals surface area contributed by atoms with Gasteiger partial charge in [0.05, 0.1) is 18.4 Å². The van der Waals surface area contributed by atoms with Crippen LogP contribution in [0.1, 0.15) is 35.3 Å². The molecule has 1 N–H and O–H groups in total. The number of carbonyl (C=O) groups excluding carboxylic acids is 1. The van der Waals surface area contributed by atoms with E-state index in [2.05, 4.69) is 15.5 Å². The number of pyridine rings is 1. The molecule has 6 heteroatoms. The van der Waals surface area contributed by atoms with Gasteiger partial charge in [-0.3, -0.25) is 9.78 Å². The third-order valence-electron chi connectivity index (χ3n) is 3.62. The summed E-state index contributed by atoms with van der Waals surface area (Å²) < 4.78 is 11.4. The SMILES string of the molecule is CCOc1cc2c(cc1/C=N\NC(=O)c1cccnc1)O[C@@H](C)C2. The van der Waals surface area contributed by atoms with Crippen LogP contribution in [-0.4, -0.2) is 29.8 Å². The van der Waals surface area contributed by atoms with Crippen LogP contribution in [0.25, 0.3) is 0 Å². The van der Waals surface area contributed by atoms with Crippen molar-refractivity contribution in [3.8, 4) is 11.5 Å². The second-order valence-electron chi connectivity index (χ2n) is 5.50. The Kier molecular flexibility index (Phi) is 4.74. The summed E-state index contributed by atoms with van der Waals surface area (Å²) in [7, 11) is 0. The van der Waals surface area contributed by atoms with Crippen molar-refractivity contribution in [2.24, 2.45) is 5.10 Å². The zero-order valence-electron chi connectivity index (χ0n) is 13.7. The monoisotopic (exact) mass is 325 g/mol. The molecule has 0 unspecified atom stereocenters. The Balaban J connectivity index is 1.76. The fourth-order valence-corrected chi connectivity index (χ4v) is 2.56. The average Bonchev–Trinajstić information content (AvgIpc) is 2.95. The largest absolute Gasteiger partial charge is 0.493 e. The van der Waals surface area contributed by atoms with E-state index in [1.807, 2.05) is 26.0 Å². The van der Waals surface area contributed by atoms with E-state index in [0.717, 1.165) is 29.0 Å². The van der Waals surface area contributed by atoms with Crippen molar-refractivity contribution in [3.63, 3.8) is 0 Å². The van der Waals surface area contributed by atoms with Gasteiger partial charge in [-0.2, -0.15) is 5.10 Å². The number of hydrogen-bond donors (Lipinski definition) is 1. The molecule has 1 aliphatic rings. The summed E-state index contributed by atoms with van der Waals surface area (Å²) in [5.74, 6) is 1.25. The number of ether oxygens (including phenoxy) is 2. The molecule has 0 fully saturated rings. The highest BCUT2D eigenvalue weighted by Crippen LogP contribution is 2.34. The summed E-state index contributed by atoms with van der Waals surface area (Å²) in [4.78, 5) is 15.9. The van der Waals surface area contributed by atoms with Crippen molar-refractivity contribution in [1.29, 1.82) is 0 Å². The zero-order chi connectivity index (χ0) is 16.9. The quantitative estimate of drug-likeness (QED) is 0.677. The number of hydrazone groups is 1. The van der Waals surface area contributed by atoms with Crippen molar-refractivity contribution in [2.45, 2.75) is 26.4 Å². The van der Waals surface area contributed by atoms with Crippen LogP contribution >= 0.6 is 0 Å². The number of nitrogens with one attached hydrogen (secondary N) is 1. The van der Waals surface area contributed by atoms with Gasteiger partial charge in [0, 0.05) is 29.9 Å².